The lowest BCUT2D eigenvalue weighted by atomic mass is 10.2. The monoisotopic (exact) mass is 179 g/mol. The van der Waals surface area contributed by atoms with Gasteiger partial charge >= 0.3 is 0 Å². The largest absolute Gasteiger partial charge is 0.397 e. The third-order valence-corrected chi connectivity index (χ3v) is 2.38. The van der Waals surface area contributed by atoms with E-state index in [2.05, 4.69) is 23.7 Å². The van der Waals surface area contributed by atoms with Crippen molar-refractivity contribution in [3.8, 4) is 0 Å². The Morgan fingerprint density at radius 1 is 1.54 bits per heavy atom. The minimum absolute atomic E-state index is 0.510. The van der Waals surface area contributed by atoms with Crippen LogP contribution >= 0.6 is 0 Å². The molecule has 0 saturated carbocycles. The number of hydrogen-bond acceptors (Lipinski definition) is 3. The van der Waals surface area contributed by atoms with Crippen LogP contribution in [0.25, 0.3) is 0 Å². The highest BCUT2D eigenvalue weighted by molar-refractivity contribution is 5.45. The summed E-state index contributed by atoms with van der Waals surface area (Å²) in [6.07, 6.45) is 2.80. The first-order chi connectivity index (χ1) is 6.15. The maximum Gasteiger partial charge on any atom is 0.128 e. The number of nitrogens with zero attached hydrogens (tertiary/aromatic N) is 2. The Hall–Kier alpha value is -1.25. The van der Waals surface area contributed by atoms with Gasteiger partial charge in [-0.1, -0.05) is 6.92 Å². The molecule has 1 atom stereocenters. The Kier molecular flexibility index (Phi) is 3.12. The number of anilines is 2. The van der Waals surface area contributed by atoms with E-state index in [1.807, 2.05) is 19.2 Å². The molecule has 0 aliphatic carbocycles. The summed E-state index contributed by atoms with van der Waals surface area (Å²) in [5, 5.41) is 0. The average molecular weight is 179 g/mol. The van der Waals surface area contributed by atoms with E-state index in [-0.39, 0.29) is 0 Å². The summed E-state index contributed by atoms with van der Waals surface area (Å²) < 4.78 is 0. The van der Waals surface area contributed by atoms with Crippen molar-refractivity contribution in [2.24, 2.45) is 0 Å². The van der Waals surface area contributed by atoms with Gasteiger partial charge in [-0.05, 0) is 25.5 Å². The number of aromatic nitrogens is 1. The van der Waals surface area contributed by atoms with E-state index in [1.54, 1.807) is 6.20 Å². The summed E-state index contributed by atoms with van der Waals surface area (Å²) in [4.78, 5) is 6.40. The molecule has 0 amide bonds. The molecule has 0 saturated heterocycles. The number of hydrogen-bond donors (Lipinski definition) is 1. The van der Waals surface area contributed by atoms with Gasteiger partial charge in [0.1, 0.15) is 5.82 Å². The maximum atomic E-state index is 5.55. The van der Waals surface area contributed by atoms with Crippen LogP contribution in [0.15, 0.2) is 18.3 Å². The molecule has 13 heavy (non-hydrogen) atoms. The molecular weight excluding hydrogens is 162 g/mol. The Labute approximate surface area is 79.6 Å². The first-order valence-corrected chi connectivity index (χ1v) is 4.59. The van der Waals surface area contributed by atoms with Gasteiger partial charge in [0, 0.05) is 13.1 Å². The zero-order chi connectivity index (χ0) is 9.84. The molecule has 1 aromatic heterocycles. The van der Waals surface area contributed by atoms with E-state index in [4.69, 9.17) is 5.73 Å². The molecule has 0 fully saturated rings. The molecule has 3 heteroatoms. The van der Waals surface area contributed by atoms with Crippen LogP contribution in [-0.2, 0) is 0 Å². The van der Waals surface area contributed by atoms with E-state index in [9.17, 15) is 0 Å². The van der Waals surface area contributed by atoms with Crippen LogP contribution in [-0.4, -0.2) is 18.1 Å². The molecule has 0 radical (unpaired) electrons. The molecule has 72 valence electrons. The lowest BCUT2D eigenvalue weighted by Crippen LogP contribution is -2.28. The van der Waals surface area contributed by atoms with Crippen LogP contribution in [0.5, 0.6) is 0 Å². The molecular formula is C10H17N3. The van der Waals surface area contributed by atoms with Crippen molar-refractivity contribution in [1.29, 1.82) is 0 Å². The van der Waals surface area contributed by atoms with Crippen molar-refractivity contribution < 1.29 is 0 Å². The third-order valence-electron chi connectivity index (χ3n) is 2.38. The Balaban J connectivity index is 2.77. The summed E-state index contributed by atoms with van der Waals surface area (Å²) in [6.45, 7) is 4.34. The SMILES string of the molecule is CCC(C)N(C)c1ccc(N)cn1. The van der Waals surface area contributed by atoms with E-state index < -0.39 is 0 Å². The summed E-state index contributed by atoms with van der Waals surface area (Å²) in [6, 6.07) is 4.33. The Morgan fingerprint density at radius 3 is 2.69 bits per heavy atom. The van der Waals surface area contributed by atoms with Gasteiger partial charge in [0.2, 0.25) is 0 Å². The minimum atomic E-state index is 0.510. The van der Waals surface area contributed by atoms with Crippen molar-refractivity contribution in [1.82, 2.24) is 4.98 Å². The summed E-state index contributed by atoms with van der Waals surface area (Å²) in [7, 11) is 2.05. The fourth-order valence-electron chi connectivity index (χ4n) is 1.11. The van der Waals surface area contributed by atoms with Gasteiger partial charge in [-0.3, -0.25) is 0 Å². The highest BCUT2D eigenvalue weighted by Gasteiger charge is 2.07. The van der Waals surface area contributed by atoms with E-state index >= 15 is 0 Å². The van der Waals surface area contributed by atoms with E-state index in [0.717, 1.165) is 12.2 Å². The molecule has 1 aromatic rings. The van der Waals surface area contributed by atoms with Crippen molar-refractivity contribution in [2.75, 3.05) is 17.7 Å². The summed E-state index contributed by atoms with van der Waals surface area (Å²) in [5.74, 6) is 0.976. The van der Waals surface area contributed by atoms with Gasteiger partial charge in [-0.15, -0.1) is 0 Å². The van der Waals surface area contributed by atoms with Gasteiger partial charge < -0.3 is 10.6 Å². The van der Waals surface area contributed by atoms with E-state index in [0.29, 0.717) is 11.7 Å². The standard InChI is InChI=1S/C10H17N3/c1-4-8(2)13(3)10-6-5-9(11)7-12-10/h5-8H,4,11H2,1-3H3. The second-order valence-electron chi connectivity index (χ2n) is 3.32. The molecule has 0 aliphatic heterocycles. The molecule has 2 N–H and O–H groups in total. The second kappa shape index (κ2) is 4.12. The normalized spacial score (nSPS) is 12.5. The van der Waals surface area contributed by atoms with Crippen molar-refractivity contribution in [2.45, 2.75) is 26.3 Å². The predicted octanol–water partition coefficient (Wildman–Crippen LogP) is 1.90. The Bertz CT molecular complexity index is 255. The van der Waals surface area contributed by atoms with Crippen LogP contribution in [0, 0.1) is 0 Å². The van der Waals surface area contributed by atoms with Gasteiger partial charge in [-0.2, -0.15) is 0 Å². The van der Waals surface area contributed by atoms with Crippen LogP contribution in [0.4, 0.5) is 11.5 Å². The van der Waals surface area contributed by atoms with Crippen LogP contribution in [0.1, 0.15) is 20.3 Å². The van der Waals surface area contributed by atoms with E-state index in [1.165, 1.54) is 0 Å². The first-order valence-electron chi connectivity index (χ1n) is 4.59. The number of rotatable bonds is 3. The van der Waals surface area contributed by atoms with Crippen molar-refractivity contribution >= 4 is 11.5 Å². The fraction of sp³-hybridized carbons (Fsp3) is 0.500. The second-order valence-corrected chi connectivity index (χ2v) is 3.32. The topological polar surface area (TPSA) is 42.1 Å². The molecule has 1 unspecified atom stereocenters. The lowest BCUT2D eigenvalue weighted by Gasteiger charge is -2.24. The fourth-order valence-corrected chi connectivity index (χ4v) is 1.11. The van der Waals surface area contributed by atoms with Gasteiger partial charge in [-0.25, -0.2) is 4.98 Å². The highest BCUT2D eigenvalue weighted by atomic mass is 15.2. The van der Waals surface area contributed by atoms with Crippen LogP contribution in [0.3, 0.4) is 0 Å². The number of nitrogens with two attached hydrogens (primary N) is 1. The van der Waals surface area contributed by atoms with Crippen molar-refractivity contribution in [3.63, 3.8) is 0 Å². The number of pyridine rings is 1. The Morgan fingerprint density at radius 2 is 2.23 bits per heavy atom. The van der Waals surface area contributed by atoms with Gasteiger partial charge in [0.05, 0.1) is 11.9 Å². The molecule has 0 aliphatic rings. The summed E-state index contributed by atoms with van der Waals surface area (Å²) in [5.41, 5.74) is 6.26. The minimum Gasteiger partial charge on any atom is -0.397 e. The molecule has 1 rings (SSSR count). The lowest BCUT2D eigenvalue weighted by molar-refractivity contribution is 0.657. The van der Waals surface area contributed by atoms with Gasteiger partial charge in [0.25, 0.3) is 0 Å². The summed E-state index contributed by atoms with van der Waals surface area (Å²) >= 11 is 0. The van der Waals surface area contributed by atoms with Crippen LogP contribution in [0.2, 0.25) is 0 Å². The number of nitrogen functional groups attached to an aromatic ring is 1. The molecule has 0 bridgehead atoms. The zero-order valence-corrected chi connectivity index (χ0v) is 8.49. The van der Waals surface area contributed by atoms with Gasteiger partial charge in [0.15, 0.2) is 0 Å². The quantitative estimate of drug-likeness (QED) is 0.770. The van der Waals surface area contributed by atoms with Crippen molar-refractivity contribution in [3.05, 3.63) is 18.3 Å². The highest BCUT2D eigenvalue weighted by Crippen LogP contribution is 2.14. The average Bonchev–Trinajstić information content (AvgIpc) is 2.17. The molecule has 3 nitrogen and oxygen atoms in total. The van der Waals surface area contributed by atoms with Crippen LogP contribution < -0.4 is 10.6 Å². The zero-order valence-electron chi connectivity index (χ0n) is 8.49. The predicted molar refractivity (Wildman–Crippen MR) is 56.8 cm³/mol. The maximum absolute atomic E-state index is 5.55. The molecule has 1 heterocycles. The molecule has 0 aromatic carbocycles. The smallest absolute Gasteiger partial charge is 0.128 e. The third kappa shape index (κ3) is 2.34. The molecule has 0 spiro atoms. The first kappa shape index (κ1) is 9.84.